The Balaban J connectivity index is 1.41. The van der Waals surface area contributed by atoms with E-state index in [1.165, 1.54) is 18.2 Å². The number of imidazole rings is 1. The van der Waals surface area contributed by atoms with E-state index in [2.05, 4.69) is 30.6 Å². The predicted octanol–water partition coefficient (Wildman–Crippen LogP) is 6.36. The first kappa shape index (κ1) is 22.0. The van der Waals surface area contributed by atoms with Crippen LogP contribution in [-0.4, -0.2) is 30.4 Å². The van der Waals surface area contributed by atoms with Crippen molar-refractivity contribution in [3.63, 3.8) is 0 Å². The van der Waals surface area contributed by atoms with Gasteiger partial charge in [0.15, 0.2) is 0 Å². The minimum absolute atomic E-state index is 0.0277. The molecule has 0 saturated heterocycles. The Morgan fingerprint density at radius 2 is 1.92 bits per heavy atom. The van der Waals surface area contributed by atoms with E-state index in [0.717, 1.165) is 40.4 Å². The summed E-state index contributed by atoms with van der Waals surface area (Å²) in [6.07, 6.45) is 2.40. The lowest BCUT2D eigenvalue weighted by atomic mass is 10.1. The van der Waals surface area contributed by atoms with Crippen LogP contribution in [0.5, 0.6) is 0 Å². The van der Waals surface area contributed by atoms with Gasteiger partial charge in [-0.15, -0.1) is 0 Å². The van der Waals surface area contributed by atoms with Gasteiger partial charge in [-0.25, -0.2) is 15.0 Å². The van der Waals surface area contributed by atoms with Crippen molar-refractivity contribution in [1.82, 2.24) is 24.5 Å². The van der Waals surface area contributed by atoms with Gasteiger partial charge in [-0.05, 0) is 67.9 Å². The number of hydrogen-bond acceptors (Lipinski definition) is 6. The number of pyridine rings is 1. The van der Waals surface area contributed by atoms with Gasteiger partial charge in [-0.2, -0.15) is 13.2 Å². The molecule has 0 radical (unpaired) electrons. The largest absolute Gasteiger partial charge is 0.416 e. The lowest BCUT2D eigenvalue weighted by molar-refractivity contribution is -0.137. The minimum atomic E-state index is -4.73. The third-order valence-electron chi connectivity index (χ3n) is 5.74. The molecule has 0 spiro atoms. The maximum atomic E-state index is 13.7. The van der Waals surface area contributed by atoms with Crippen molar-refractivity contribution < 1.29 is 22.1 Å². The first-order valence-corrected chi connectivity index (χ1v) is 11.6. The number of aryl methyl sites for hydroxylation is 2. The van der Waals surface area contributed by atoms with E-state index >= 15 is 0 Å². The van der Waals surface area contributed by atoms with Crippen LogP contribution in [0.1, 0.15) is 31.3 Å². The fourth-order valence-corrected chi connectivity index (χ4v) is 3.78. The average Bonchev–Trinajstić information content (AvgIpc) is 3.46. The van der Waals surface area contributed by atoms with E-state index in [1.54, 1.807) is 36.8 Å². The van der Waals surface area contributed by atoms with E-state index in [-0.39, 0.29) is 28.6 Å². The van der Waals surface area contributed by atoms with Crippen molar-refractivity contribution in [1.29, 1.82) is 0 Å². The van der Waals surface area contributed by atoms with Crippen LogP contribution in [-0.2, 0) is 6.18 Å². The molecule has 11 heteroatoms. The van der Waals surface area contributed by atoms with Gasteiger partial charge in [0.05, 0.1) is 23.3 Å². The number of alkyl halides is 3. The van der Waals surface area contributed by atoms with Gasteiger partial charge in [0.25, 0.3) is 5.91 Å². The minimum Gasteiger partial charge on any atom is -0.324 e. The van der Waals surface area contributed by atoms with Crippen molar-refractivity contribution >= 4 is 23.2 Å². The fraction of sp³-hybridized carbons (Fsp3) is 0.107. The van der Waals surface area contributed by atoms with Crippen molar-refractivity contribution in [3.8, 4) is 16.9 Å². The van der Waals surface area contributed by atoms with E-state index in [9.17, 15) is 18.0 Å². The number of hydrogen-bond donors (Lipinski definition) is 2. The molecule has 3 heterocycles. The molecule has 0 bridgehead atoms. The topological polar surface area (TPSA) is 97.6 Å². The Morgan fingerprint density at radius 3 is 2.67 bits per heavy atom. The van der Waals surface area contributed by atoms with Crippen LogP contribution in [0.3, 0.4) is 0 Å². The molecule has 2 N–H and O–H groups in total. The number of carbonyl (C=O) groups excluding carboxylic acids is 1. The standard InChI is InChI=1S/C28H22F3N7O/c1-17-5-6-19(10-25(17)37-27-33-9-7-24(36-27)20-4-3-8-32-14-20)26(39)35-22-11-21(28(29,30)31)12-23(13-22)38-15-18(2)34-16-38/h3-16H,1-2H3,(H,35,39)(H,33,36,37)/i2+1D3. The van der Waals surface area contributed by atoms with Crippen LogP contribution >= 0.6 is 0 Å². The number of anilines is 3. The summed E-state index contributed by atoms with van der Waals surface area (Å²) >= 11 is 0. The number of amides is 1. The number of nitrogens with one attached hydrogen (secondary N) is 2. The maximum absolute atomic E-state index is 13.7. The van der Waals surface area contributed by atoms with Crippen LogP contribution in [0.2, 0.25) is 0 Å². The molecule has 0 saturated carbocycles. The van der Waals surface area contributed by atoms with Gasteiger partial charge in [0.1, 0.15) is 0 Å². The molecular weight excluding hydrogens is 508 g/mol. The SMILES string of the molecule is [2H][13C]([2H])([2H])c1cn(-c2cc(NC(=O)c3ccc(C)c(Nc4nccc(-c5cccnc5)n4)c3)cc(C(F)(F)F)c2)cn1. The van der Waals surface area contributed by atoms with Crippen molar-refractivity contribution in [3.05, 3.63) is 108 Å². The van der Waals surface area contributed by atoms with E-state index in [4.69, 9.17) is 4.11 Å². The van der Waals surface area contributed by atoms with E-state index < -0.39 is 24.5 Å². The number of nitrogens with zero attached hydrogens (tertiary/aromatic N) is 5. The smallest absolute Gasteiger partial charge is 0.324 e. The fourth-order valence-electron chi connectivity index (χ4n) is 3.78. The lowest BCUT2D eigenvalue weighted by Gasteiger charge is -2.14. The summed E-state index contributed by atoms with van der Waals surface area (Å²) in [5.74, 6) is -0.390. The molecule has 0 unspecified atom stereocenters. The molecule has 5 aromatic rings. The number of halogens is 3. The molecule has 0 fully saturated rings. The van der Waals surface area contributed by atoms with Crippen LogP contribution < -0.4 is 10.6 Å². The highest BCUT2D eigenvalue weighted by Gasteiger charge is 2.31. The molecule has 39 heavy (non-hydrogen) atoms. The van der Waals surface area contributed by atoms with Crippen LogP contribution in [0.15, 0.2) is 85.7 Å². The van der Waals surface area contributed by atoms with Gasteiger partial charge >= 0.3 is 6.18 Å². The second-order valence-electron chi connectivity index (χ2n) is 8.55. The van der Waals surface area contributed by atoms with Crippen LogP contribution in [0.4, 0.5) is 30.5 Å². The third-order valence-corrected chi connectivity index (χ3v) is 5.74. The second kappa shape index (κ2) is 10.4. The Morgan fingerprint density at radius 1 is 1.05 bits per heavy atom. The molecule has 196 valence electrons. The van der Waals surface area contributed by atoms with Gasteiger partial charge in [-0.1, -0.05) is 6.07 Å². The summed E-state index contributed by atoms with van der Waals surface area (Å²) in [5, 5.41) is 5.60. The summed E-state index contributed by atoms with van der Waals surface area (Å²) in [6, 6.07) is 13.1. The monoisotopic (exact) mass is 533 g/mol. The molecule has 1 amide bonds. The van der Waals surface area contributed by atoms with Crippen molar-refractivity contribution in [2.75, 3.05) is 10.6 Å². The summed E-state index contributed by atoms with van der Waals surface area (Å²) in [4.78, 5) is 29.8. The quantitative estimate of drug-likeness (QED) is 0.247. The zero-order chi connectivity index (χ0) is 30.1. The number of benzene rings is 2. The van der Waals surface area contributed by atoms with Gasteiger partial charge < -0.3 is 15.2 Å². The van der Waals surface area contributed by atoms with Gasteiger partial charge in [0.2, 0.25) is 5.95 Å². The molecular formula is C28H22F3N7O. The number of aromatic nitrogens is 5. The van der Waals surface area contributed by atoms with Crippen LogP contribution in [0.25, 0.3) is 16.9 Å². The molecule has 0 aliphatic heterocycles. The third kappa shape index (κ3) is 5.93. The molecule has 0 atom stereocenters. The summed E-state index contributed by atoms with van der Waals surface area (Å²) < 4.78 is 64.7. The number of rotatable bonds is 6. The van der Waals surface area contributed by atoms with Crippen molar-refractivity contribution in [2.24, 2.45) is 0 Å². The van der Waals surface area contributed by atoms with Gasteiger partial charge in [-0.3, -0.25) is 9.78 Å². The van der Waals surface area contributed by atoms with Crippen LogP contribution in [0, 0.1) is 13.8 Å². The zero-order valence-electron chi connectivity index (χ0n) is 23.4. The zero-order valence-corrected chi connectivity index (χ0v) is 20.4. The Labute approximate surface area is 225 Å². The van der Waals surface area contributed by atoms with Crippen molar-refractivity contribution in [2.45, 2.75) is 20.0 Å². The predicted molar refractivity (Wildman–Crippen MR) is 141 cm³/mol. The highest BCUT2D eigenvalue weighted by atomic mass is 19.4. The second-order valence-corrected chi connectivity index (χ2v) is 8.55. The molecule has 8 nitrogen and oxygen atoms in total. The highest BCUT2D eigenvalue weighted by molar-refractivity contribution is 6.05. The molecule has 0 aliphatic rings. The Bertz CT molecular complexity index is 1760. The lowest BCUT2D eigenvalue weighted by Crippen LogP contribution is -2.14. The Hall–Kier alpha value is -5.06. The summed E-state index contributed by atoms with van der Waals surface area (Å²) in [6.45, 7) is -0.723. The average molecular weight is 534 g/mol. The molecule has 0 aliphatic carbocycles. The Kier molecular flexibility index (Phi) is 5.84. The van der Waals surface area contributed by atoms with E-state index in [1.807, 2.05) is 13.0 Å². The van der Waals surface area contributed by atoms with Gasteiger partial charge in [0, 0.05) is 57.1 Å². The normalized spacial score (nSPS) is 12.8. The molecule has 2 aromatic carbocycles. The maximum Gasteiger partial charge on any atom is 0.416 e. The molecule has 3 aromatic heterocycles. The summed E-state index contributed by atoms with van der Waals surface area (Å²) in [5.41, 5.74) is 1.40. The van der Waals surface area contributed by atoms with E-state index in [0.29, 0.717) is 11.4 Å². The summed E-state index contributed by atoms with van der Waals surface area (Å²) in [7, 11) is 0. The molecule has 5 rings (SSSR count). The first-order valence-electron chi connectivity index (χ1n) is 13.1. The first-order chi connectivity index (χ1) is 19.9. The highest BCUT2D eigenvalue weighted by Crippen LogP contribution is 2.33. The number of carbonyl (C=O) groups is 1.